The Morgan fingerprint density at radius 3 is 2.88 bits per heavy atom. The molecule has 0 aliphatic rings. The van der Waals surface area contributed by atoms with Crippen molar-refractivity contribution in [2.75, 3.05) is 6.61 Å². The number of carbonyl (C=O) groups excluding carboxylic acids is 1. The predicted octanol–water partition coefficient (Wildman–Crippen LogP) is 1.62. The van der Waals surface area contributed by atoms with Crippen LogP contribution in [0.4, 0.5) is 4.39 Å². The minimum Gasteiger partial charge on any atom is -0.481 e. The van der Waals surface area contributed by atoms with Crippen LogP contribution < -0.4 is 10.1 Å². The number of para-hydroxylation sites is 1. The van der Waals surface area contributed by atoms with Crippen molar-refractivity contribution in [1.82, 2.24) is 5.32 Å². The van der Waals surface area contributed by atoms with Crippen molar-refractivity contribution in [2.24, 2.45) is 0 Å². The zero-order chi connectivity index (χ0) is 12.7. The lowest BCUT2D eigenvalue weighted by atomic mass is 10.2. The van der Waals surface area contributed by atoms with E-state index in [1.807, 2.05) is 6.07 Å². The highest BCUT2D eigenvalue weighted by atomic mass is 19.1. The standard InChI is InChI=1S/C12H13FN2O2/c1-2-9(7-14)15-12(16)8-17-11-6-4-3-5-10(11)13/h3-6,9H,2,8H2,1H3,(H,15,16). The van der Waals surface area contributed by atoms with Gasteiger partial charge in [-0.3, -0.25) is 4.79 Å². The van der Waals surface area contributed by atoms with Gasteiger partial charge in [-0.25, -0.2) is 4.39 Å². The average Bonchev–Trinajstić information content (AvgIpc) is 2.35. The maximum Gasteiger partial charge on any atom is 0.258 e. The third kappa shape index (κ3) is 4.11. The van der Waals surface area contributed by atoms with Crippen molar-refractivity contribution >= 4 is 5.91 Å². The van der Waals surface area contributed by atoms with E-state index in [9.17, 15) is 9.18 Å². The van der Waals surface area contributed by atoms with Gasteiger partial charge >= 0.3 is 0 Å². The van der Waals surface area contributed by atoms with E-state index in [0.717, 1.165) is 0 Å². The van der Waals surface area contributed by atoms with Gasteiger partial charge in [-0.15, -0.1) is 0 Å². The molecule has 0 saturated heterocycles. The van der Waals surface area contributed by atoms with Gasteiger partial charge in [-0.2, -0.15) is 5.26 Å². The molecule has 1 aromatic carbocycles. The lowest BCUT2D eigenvalue weighted by molar-refractivity contribution is -0.123. The first-order valence-corrected chi connectivity index (χ1v) is 5.23. The molecule has 1 amide bonds. The fourth-order valence-electron chi connectivity index (χ4n) is 1.17. The third-order valence-electron chi connectivity index (χ3n) is 2.09. The van der Waals surface area contributed by atoms with E-state index in [-0.39, 0.29) is 12.4 Å². The van der Waals surface area contributed by atoms with Gasteiger partial charge < -0.3 is 10.1 Å². The molecule has 1 rings (SSSR count). The number of amides is 1. The molecule has 0 saturated carbocycles. The lowest BCUT2D eigenvalue weighted by Crippen LogP contribution is -2.36. The summed E-state index contributed by atoms with van der Waals surface area (Å²) in [6.07, 6.45) is 0.516. The number of nitrogens with one attached hydrogen (secondary N) is 1. The molecule has 0 heterocycles. The molecule has 0 fully saturated rings. The summed E-state index contributed by atoms with van der Waals surface area (Å²) < 4.78 is 18.1. The number of rotatable bonds is 5. The van der Waals surface area contributed by atoms with Crippen LogP contribution in [0.2, 0.25) is 0 Å². The first kappa shape index (κ1) is 13.0. The molecule has 1 aromatic rings. The Labute approximate surface area is 99.0 Å². The molecule has 0 aliphatic carbocycles. The van der Waals surface area contributed by atoms with Crippen molar-refractivity contribution in [3.8, 4) is 11.8 Å². The highest BCUT2D eigenvalue weighted by molar-refractivity contribution is 5.78. The summed E-state index contributed by atoms with van der Waals surface area (Å²) in [4.78, 5) is 11.3. The molecule has 0 aromatic heterocycles. The summed E-state index contributed by atoms with van der Waals surface area (Å²) in [7, 11) is 0. The van der Waals surface area contributed by atoms with Crippen LogP contribution in [-0.4, -0.2) is 18.6 Å². The first-order chi connectivity index (χ1) is 8.17. The molecule has 5 heteroatoms. The summed E-state index contributed by atoms with van der Waals surface area (Å²) in [5, 5.41) is 11.1. The number of halogens is 1. The number of carbonyl (C=O) groups is 1. The van der Waals surface area contributed by atoms with Crippen molar-refractivity contribution in [3.63, 3.8) is 0 Å². The van der Waals surface area contributed by atoms with Gasteiger partial charge in [0, 0.05) is 0 Å². The third-order valence-corrected chi connectivity index (χ3v) is 2.09. The van der Waals surface area contributed by atoms with Gasteiger partial charge in [0.15, 0.2) is 18.2 Å². The van der Waals surface area contributed by atoms with Crippen LogP contribution in [-0.2, 0) is 4.79 Å². The van der Waals surface area contributed by atoms with Gasteiger partial charge in [0.2, 0.25) is 0 Å². The number of hydrogen-bond acceptors (Lipinski definition) is 3. The Balaban J connectivity index is 2.44. The quantitative estimate of drug-likeness (QED) is 0.845. The minimum atomic E-state index is -0.535. The topological polar surface area (TPSA) is 62.1 Å². The Kier molecular flexibility index (Phi) is 4.95. The van der Waals surface area contributed by atoms with Crippen LogP contribution in [0.5, 0.6) is 5.75 Å². The van der Waals surface area contributed by atoms with E-state index in [0.29, 0.717) is 6.42 Å². The molecule has 90 valence electrons. The maximum atomic E-state index is 13.1. The van der Waals surface area contributed by atoms with Crippen molar-refractivity contribution in [2.45, 2.75) is 19.4 Å². The normalized spacial score (nSPS) is 11.4. The highest BCUT2D eigenvalue weighted by Gasteiger charge is 2.10. The van der Waals surface area contributed by atoms with Crippen LogP contribution in [0, 0.1) is 17.1 Å². The van der Waals surface area contributed by atoms with E-state index in [1.54, 1.807) is 13.0 Å². The molecule has 0 radical (unpaired) electrons. The van der Waals surface area contributed by atoms with Gasteiger partial charge in [-0.05, 0) is 18.6 Å². The number of nitrogens with zero attached hydrogens (tertiary/aromatic N) is 1. The zero-order valence-corrected chi connectivity index (χ0v) is 9.44. The molecule has 4 nitrogen and oxygen atoms in total. The van der Waals surface area contributed by atoms with Gasteiger partial charge in [0.1, 0.15) is 6.04 Å². The van der Waals surface area contributed by atoms with Gasteiger partial charge in [0.05, 0.1) is 6.07 Å². The van der Waals surface area contributed by atoms with Crippen LogP contribution in [0.3, 0.4) is 0 Å². The highest BCUT2D eigenvalue weighted by Crippen LogP contribution is 2.14. The molecular formula is C12H13FN2O2. The first-order valence-electron chi connectivity index (χ1n) is 5.23. The second kappa shape index (κ2) is 6.48. The van der Waals surface area contributed by atoms with Gasteiger partial charge in [0.25, 0.3) is 5.91 Å². The molecule has 17 heavy (non-hydrogen) atoms. The average molecular weight is 236 g/mol. The molecule has 0 aliphatic heterocycles. The Hall–Kier alpha value is -2.09. The molecule has 0 spiro atoms. The van der Waals surface area contributed by atoms with Crippen molar-refractivity contribution in [3.05, 3.63) is 30.1 Å². The molecule has 0 bridgehead atoms. The van der Waals surface area contributed by atoms with Crippen molar-refractivity contribution < 1.29 is 13.9 Å². The summed E-state index contributed by atoms with van der Waals surface area (Å²) in [6.45, 7) is 1.48. The second-order valence-electron chi connectivity index (χ2n) is 3.38. The van der Waals surface area contributed by atoms with E-state index in [4.69, 9.17) is 10.00 Å². The second-order valence-corrected chi connectivity index (χ2v) is 3.38. The summed E-state index contributed by atoms with van der Waals surface area (Å²) in [5.74, 6) is -0.943. The minimum absolute atomic E-state index is 0.0210. The Morgan fingerprint density at radius 2 is 2.29 bits per heavy atom. The van der Waals surface area contributed by atoms with E-state index in [1.165, 1.54) is 18.2 Å². The summed E-state index contributed by atoms with van der Waals surface area (Å²) >= 11 is 0. The molecule has 1 N–H and O–H groups in total. The van der Waals surface area contributed by atoms with E-state index >= 15 is 0 Å². The number of hydrogen-bond donors (Lipinski definition) is 1. The fraction of sp³-hybridized carbons (Fsp3) is 0.333. The Bertz CT molecular complexity index is 429. The monoisotopic (exact) mass is 236 g/mol. The fourth-order valence-corrected chi connectivity index (χ4v) is 1.17. The van der Waals surface area contributed by atoms with Crippen molar-refractivity contribution in [1.29, 1.82) is 5.26 Å². The molecule has 1 unspecified atom stereocenters. The van der Waals surface area contributed by atoms with Crippen LogP contribution in [0.15, 0.2) is 24.3 Å². The predicted molar refractivity (Wildman–Crippen MR) is 59.7 cm³/mol. The smallest absolute Gasteiger partial charge is 0.258 e. The maximum absolute atomic E-state index is 13.1. The molecular weight excluding hydrogens is 223 g/mol. The number of benzene rings is 1. The zero-order valence-electron chi connectivity index (χ0n) is 9.44. The van der Waals surface area contributed by atoms with Crippen LogP contribution >= 0.6 is 0 Å². The van der Waals surface area contributed by atoms with Crippen LogP contribution in [0.25, 0.3) is 0 Å². The number of ether oxygens (including phenoxy) is 1. The lowest BCUT2D eigenvalue weighted by Gasteiger charge is -2.10. The molecule has 1 atom stereocenters. The largest absolute Gasteiger partial charge is 0.481 e. The van der Waals surface area contributed by atoms with E-state index < -0.39 is 17.8 Å². The number of nitriles is 1. The summed E-state index contributed by atoms with van der Waals surface area (Å²) in [6, 6.07) is 7.22. The van der Waals surface area contributed by atoms with Crippen LogP contribution in [0.1, 0.15) is 13.3 Å². The van der Waals surface area contributed by atoms with Gasteiger partial charge in [-0.1, -0.05) is 19.1 Å². The van der Waals surface area contributed by atoms with E-state index in [2.05, 4.69) is 5.32 Å². The Morgan fingerprint density at radius 1 is 1.59 bits per heavy atom. The SMILES string of the molecule is CCC(C#N)NC(=O)COc1ccccc1F. The summed E-state index contributed by atoms with van der Waals surface area (Å²) in [5.41, 5.74) is 0.